The van der Waals surface area contributed by atoms with Gasteiger partial charge in [-0.2, -0.15) is 4.31 Å². The summed E-state index contributed by atoms with van der Waals surface area (Å²) in [6.45, 7) is 2.45. The molecule has 0 atom stereocenters. The summed E-state index contributed by atoms with van der Waals surface area (Å²) in [6, 6.07) is 15.7. The first kappa shape index (κ1) is 26.4. The van der Waals surface area contributed by atoms with Gasteiger partial charge < -0.3 is 4.90 Å². The van der Waals surface area contributed by atoms with E-state index in [2.05, 4.69) is 0 Å². The number of carbonyl (C=O) groups excluding carboxylic acids is 1. The van der Waals surface area contributed by atoms with Gasteiger partial charge in [0.05, 0.1) is 9.95 Å². The van der Waals surface area contributed by atoms with Crippen LogP contribution in [0.15, 0.2) is 75.4 Å². The number of sulfonamides is 1. The van der Waals surface area contributed by atoms with E-state index in [1.807, 2.05) is 19.1 Å². The van der Waals surface area contributed by atoms with Gasteiger partial charge >= 0.3 is 0 Å². The molecule has 0 aliphatic carbocycles. The maximum Gasteiger partial charge on any atom is 0.270 e. The second-order valence-electron chi connectivity index (χ2n) is 8.13. The number of aryl methyl sites for hydroxylation is 1. The number of amides is 1. The molecule has 0 unspecified atom stereocenters. The molecule has 8 nitrogen and oxygen atoms in total. The van der Waals surface area contributed by atoms with Crippen LogP contribution in [-0.2, 0) is 10.0 Å². The van der Waals surface area contributed by atoms with Gasteiger partial charge in [0.2, 0.25) is 10.0 Å². The van der Waals surface area contributed by atoms with Crippen LogP contribution in [0.5, 0.6) is 0 Å². The lowest BCUT2D eigenvalue weighted by molar-refractivity contribution is -0.385. The lowest BCUT2D eigenvalue weighted by atomic mass is 10.1. The first-order valence-electron chi connectivity index (χ1n) is 10.8. The first-order chi connectivity index (χ1) is 17.1. The molecule has 36 heavy (non-hydrogen) atoms. The number of hydrogen-bond donors (Lipinski definition) is 0. The molecular weight excluding hydrogens is 545 g/mol. The number of nitro benzene ring substituents is 1. The predicted octanol–water partition coefficient (Wildman–Crippen LogP) is 5.51. The Hall–Kier alpha value is -2.63. The van der Waals surface area contributed by atoms with Crippen molar-refractivity contribution < 1.29 is 18.1 Å². The molecule has 4 rings (SSSR count). The van der Waals surface area contributed by atoms with Gasteiger partial charge in [0.25, 0.3) is 11.6 Å². The minimum absolute atomic E-state index is 0.0602. The van der Waals surface area contributed by atoms with Gasteiger partial charge in [-0.05, 0) is 43.3 Å². The molecule has 1 fully saturated rings. The zero-order valence-electron chi connectivity index (χ0n) is 19.1. The number of piperazine rings is 1. The molecule has 0 N–H and O–H groups in total. The number of carbonyl (C=O) groups is 1. The van der Waals surface area contributed by atoms with Gasteiger partial charge in [0, 0.05) is 58.7 Å². The Morgan fingerprint density at radius 2 is 1.61 bits per heavy atom. The highest BCUT2D eigenvalue weighted by atomic mass is 35.5. The molecule has 1 aliphatic heterocycles. The first-order valence-corrected chi connectivity index (χ1v) is 13.8. The topological polar surface area (TPSA) is 101 Å². The summed E-state index contributed by atoms with van der Waals surface area (Å²) in [6.07, 6.45) is 0. The summed E-state index contributed by atoms with van der Waals surface area (Å²) in [4.78, 5) is 25.8. The molecule has 0 aromatic heterocycles. The van der Waals surface area contributed by atoms with Crippen LogP contribution in [0.25, 0.3) is 0 Å². The van der Waals surface area contributed by atoms with Crippen LogP contribution < -0.4 is 0 Å². The van der Waals surface area contributed by atoms with E-state index in [9.17, 15) is 23.3 Å². The van der Waals surface area contributed by atoms with Crippen molar-refractivity contribution in [3.8, 4) is 0 Å². The number of benzene rings is 3. The van der Waals surface area contributed by atoms with Crippen molar-refractivity contribution in [2.75, 3.05) is 26.2 Å². The second kappa shape index (κ2) is 10.8. The minimum atomic E-state index is -4.12. The second-order valence-corrected chi connectivity index (χ2v) is 12.0. The van der Waals surface area contributed by atoms with Crippen LogP contribution in [0.1, 0.15) is 15.9 Å². The molecule has 1 heterocycles. The predicted molar refractivity (Wildman–Crippen MR) is 140 cm³/mol. The molecule has 3 aromatic rings. The van der Waals surface area contributed by atoms with E-state index in [4.69, 9.17) is 23.2 Å². The van der Waals surface area contributed by atoms with Crippen LogP contribution >= 0.6 is 35.0 Å². The number of non-ortho nitro benzene ring substituents is 1. The molecule has 1 amide bonds. The van der Waals surface area contributed by atoms with E-state index in [-0.39, 0.29) is 47.6 Å². The van der Waals surface area contributed by atoms with Crippen molar-refractivity contribution >= 4 is 56.6 Å². The normalized spacial score (nSPS) is 14.6. The maximum atomic E-state index is 13.6. The van der Waals surface area contributed by atoms with Crippen LogP contribution in [0.2, 0.25) is 10.0 Å². The summed E-state index contributed by atoms with van der Waals surface area (Å²) in [5, 5.41) is 12.2. The maximum absolute atomic E-state index is 13.6. The largest absolute Gasteiger partial charge is 0.336 e. The van der Waals surface area contributed by atoms with Crippen molar-refractivity contribution in [1.82, 2.24) is 9.21 Å². The lowest BCUT2D eigenvalue weighted by Gasteiger charge is -2.34. The standard InChI is InChI=1S/C24H21Cl2N3O5S2/c1-16-2-4-17(5-3-16)24(30)27-10-12-28(13-11-27)36(33,34)23-15-19(29(31)32)7-9-21(23)35-22-14-18(25)6-8-20(22)26/h2-9,14-15H,10-13H2,1H3. The Balaban J connectivity index is 1.60. The summed E-state index contributed by atoms with van der Waals surface area (Å²) >= 11 is 13.4. The summed E-state index contributed by atoms with van der Waals surface area (Å²) in [5.41, 5.74) is 1.23. The van der Waals surface area contributed by atoms with E-state index in [1.165, 1.54) is 16.4 Å². The van der Waals surface area contributed by atoms with E-state index >= 15 is 0 Å². The fourth-order valence-corrected chi connectivity index (χ4v) is 7.03. The Kier molecular flexibility index (Phi) is 7.91. The van der Waals surface area contributed by atoms with Gasteiger partial charge in [0.1, 0.15) is 4.90 Å². The monoisotopic (exact) mass is 565 g/mol. The number of nitro groups is 1. The summed E-state index contributed by atoms with van der Waals surface area (Å²) in [7, 11) is -4.12. The molecule has 0 saturated carbocycles. The summed E-state index contributed by atoms with van der Waals surface area (Å²) in [5.74, 6) is -0.172. The van der Waals surface area contributed by atoms with Crippen molar-refractivity contribution in [2.24, 2.45) is 0 Å². The fraction of sp³-hybridized carbons (Fsp3) is 0.208. The highest BCUT2D eigenvalue weighted by molar-refractivity contribution is 8.00. The van der Waals surface area contributed by atoms with Crippen molar-refractivity contribution in [3.05, 3.63) is 92.0 Å². The van der Waals surface area contributed by atoms with Crippen LogP contribution in [-0.4, -0.2) is 54.6 Å². The number of hydrogen-bond acceptors (Lipinski definition) is 6. The van der Waals surface area contributed by atoms with Crippen LogP contribution in [0.3, 0.4) is 0 Å². The molecule has 0 bridgehead atoms. The Morgan fingerprint density at radius 1 is 0.944 bits per heavy atom. The van der Waals surface area contributed by atoms with E-state index in [1.54, 1.807) is 35.2 Å². The number of rotatable bonds is 6. The van der Waals surface area contributed by atoms with Crippen molar-refractivity contribution in [1.29, 1.82) is 0 Å². The van der Waals surface area contributed by atoms with Gasteiger partial charge in [-0.3, -0.25) is 14.9 Å². The molecule has 1 aliphatic rings. The van der Waals surface area contributed by atoms with Crippen molar-refractivity contribution in [3.63, 3.8) is 0 Å². The molecule has 1 saturated heterocycles. The molecule has 0 radical (unpaired) electrons. The Bertz CT molecular complexity index is 1420. The van der Waals surface area contributed by atoms with E-state index < -0.39 is 14.9 Å². The Morgan fingerprint density at radius 3 is 2.25 bits per heavy atom. The molecule has 12 heteroatoms. The van der Waals surface area contributed by atoms with Crippen LogP contribution in [0.4, 0.5) is 5.69 Å². The SMILES string of the molecule is Cc1ccc(C(=O)N2CCN(S(=O)(=O)c3cc([N+](=O)[O-])ccc3Sc3cc(Cl)ccc3Cl)CC2)cc1. The minimum Gasteiger partial charge on any atom is -0.336 e. The Labute approximate surface area is 223 Å². The van der Waals surface area contributed by atoms with E-state index in [0.29, 0.717) is 20.5 Å². The number of nitrogens with zero attached hydrogens (tertiary/aromatic N) is 3. The summed E-state index contributed by atoms with van der Waals surface area (Å²) < 4.78 is 28.5. The zero-order chi connectivity index (χ0) is 26.0. The molecular formula is C24H21Cl2N3O5S2. The highest BCUT2D eigenvalue weighted by Crippen LogP contribution is 2.40. The quantitative estimate of drug-likeness (QED) is 0.288. The van der Waals surface area contributed by atoms with Crippen LogP contribution in [0, 0.1) is 17.0 Å². The van der Waals surface area contributed by atoms with Gasteiger partial charge in [-0.15, -0.1) is 0 Å². The fourth-order valence-electron chi connectivity index (χ4n) is 3.72. The molecule has 0 spiro atoms. The van der Waals surface area contributed by atoms with Gasteiger partial charge in [0.15, 0.2) is 0 Å². The average molecular weight is 566 g/mol. The number of halogens is 2. The van der Waals surface area contributed by atoms with Crippen molar-refractivity contribution in [2.45, 2.75) is 21.6 Å². The van der Waals surface area contributed by atoms with Gasteiger partial charge in [-0.25, -0.2) is 8.42 Å². The molecule has 188 valence electrons. The van der Waals surface area contributed by atoms with E-state index in [0.717, 1.165) is 23.4 Å². The zero-order valence-corrected chi connectivity index (χ0v) is 22.2. The third-order valence-corrected chi connectivity index (χ3v) is 9.57. The average Bonchev–Trinajstić information content (AvgIpc) is 2.86. The van der Waals surface area contributed by atoms with Gasteiger partial charge in [-0.1, -0.05) is 52.7 Å². The third-order valence-electron chi connectivity index (χ3n) is 5.69. The molecule has 3 aromatic carbocycles. The third kappa shape index (κ3) is 5.68. The smallest absolute Gasteiger partial charge is 0.270 e. The highest BCUT2D eigenvalue weighted by Gasteiger charge is 2.33. The lowest BCUT2D eigenvalue weighted by Crippen LogP contribution is -2.50.